The highest BCUT2D eigenvalue weighted by atomic mass is 32.1. The lowest BCUT2D eigenvalue weighted by molar-refractivity contribution is 0.560. The van der Waals surface area contributed by atoms with E-state index in [0.29, 0.717) is 0 Å². The van der Waals surface area contributed by atoms with Gasteiger partial charge in [0.25, 0.3) is 0 Å². The first-order valence-corrected chi connectivity index (χ1v) is 8.27. The van der Waals surface area contributed by atoms with Gasteiger partial charge in [0, 0.05) is 9.75 Å². The average molecular weight is 286 g/mol. The summed E-state index contributed by atoms with van der Waals surface area (Å²) in [4.78, 5) is 2.96. The Kier molecular flexibility index (Phi) is 4.20. The molecule has 0 spiro atoms. The Balaban J connectivity index is 1.75. The molecule has 2 nitrogen and oxygen atoms in total. The van der Waals surface area contributed by atoms with E-state index in [0.717, 1.165) is 12.8 Å². The molecule has 1 aromatic heterocycles. The summed E-state index contributed by atoms with van der Waals surface area (Å²) in [5.41, 5.74) is 7.28. The summed E-state index contributed by atoms with van der Waals surface area (Å²) in [6.07, 6.45) is 5.87. The van der Waals surface area contributed by atoms with Crippen LogP contribution < -0.4 is 11.3 Å². The van der Waals surface area contributed by atoms with Crippen molar-refractivity contribution in [1.29, 1.82) is 0 Å². The third kappa shape index (κ3) is 2.80. The lowest BCUT2D eigenvalue weighted by atomic mass is 10.0. The second kappa shape index (κ2) is 6.08. The zero-order chi connectivity index (χ0) is 13.9. The molecule has 0 saturated carbocycles. The van der Waals surface area contributed by atoms with E-state index in [1.54, 1.807) is 10.4 Å². The normalized spacial score (nSPS) is 15.3. The fourth-order valence-corrected chi connectivity index (χ4v) is 4.23. The number of aryl methyl sites for hydroxylation is 3. The molecule has 1 aromatic carbocycles. The van der Waals surface area contributed by atoms with Crippen molar-refractivity contribution in [3.63, 3.8) is 0 Å². The van der Waals surface area contributed by atoms with Crippen LogP contribution in [-0.4, -0.2) is 0 Å². The van der Waals surface area contributed by atoms with Gasteiger partial charge in [0.05, 0.1) is 6.04 Å². The minimum Gasteiger partial charge on any atom is -0.271 e. The van der Waals surface area contributed by atoms with Crippen LogP contribution in [0.4, 0.5) is 0 Å². The molecule has 1 aliphatic carbocycles. The molecule has 0 aliphatic heterocycles. The topological polar surface area (TPSA) is 38.0 Å². The van der Waals surface area contributed by atoms with Gasteiger partial charge < -0.3 is 0 Å². The molecular weight excluding hydrogens is 264 g/mol. The summed E-state index contributed by atoms with van der Waals surface area (Å²) in [6, 6.07) is 11.5. The van der Waals surface area contributed by atoms with Gasteiger partial charge in [-0.2, -0.15) is 0 Å². The quantitative estimate of drug-likeness (QED) is 0.651. The van der Waals surface area contributed by atoms with Crippen LogP contribution in [0.1, 0.15) is 45.8 Å². The second-order valence-electron chi connectivity index (χ2n) is 5.54. The lowest BCUT2D eigenvalue weighted by Crippen LogP contribution is -2.29. The number of rotatable bonds is 5. The summed E-state index contributed by atoms with van der Waals surface area (Å²) in [6.45, 7) is 2.19. The molecule has 1 atom stereocenters. The van der Waals surface area contributed by atoms with Crippen molar-refractivity contribution in [2.75, 3.05) is 0 Å². The molecule has 1 heterocycles. The van der Waals surface area contributed by atoms with Crippen molar-refractivity contribution in [3.8, 4) is 0 Å². The molecule has 0 radical (unpaired) electrons. The van der Waals surface area contributed by atoms with Gasteiger partial charge in [0.2, 0.25) is 0 Å². The van der Waals surface area contributed by atoms with Gasteiger partial charge in [-0.05, 0) is 54.9 Å². The summed E-state index contributed by atoms with van der Waals surface area (Å²) in [5, 5.41) is 0. The minimum atomic E-state index is 0.234. The maximum absolute atomic E-state index is 5.78. The maximum atomic E-state index is 5.78. The van der Waals surface area contributed by atoms with Gasteiger partial charge in [-0.15, -0.1) is 11.3 Å². The Labute approximate surface area is 125 Å². The predicted molar refractivity (Wildman–Crippen MR) is 85.9 cm³/mol. The zero-order valence-corrected chi connectivity index (χ0v) is 12.8. The predicted octanol–water partition coefficient (Wildman–Crippen LogP) is 3.55. The third-order valence-electron chi connectivity index (χ3n) is 4.18. The first-order valence-electron chi connectivity index (χ1n) is 7.45. The van der Waals surface area contributed by atoms with E-state index in [2.05, 4.69) is 42.7 Å². The van der Waals surface area contributed by atoms with E-state index in [4.69, 9.17) is 5.84 Å². The van der Waals surface area contributed by atoms with Crippen LogP contribution in [0.25, 0.3) is 0 Å². The molecule has 0 fully saturated rings. The highest BCUT2D eigenvalue weighted by Gasteiger charge is 2.19. The van der Waals surface area contributed by atoms with Gasteiger partial charge in [-0.25, -0.2) is 0 Å². The maximum Gasteiger partial charge on any atom is 0.0593 e. The Hall–Kier alpha value is -1.16. The van der Waals surface area contributed by atoms with E-state index in [1.807, 2.05) is 11.3 Å². The van der Waals surface area contributed by atoms with Crippen molar-refractivity contribution in [1.82, 2.24) is 5.43 Å². The zero-order valence-electron chi connectivity index (χ0n) is 12.0. The van der Waals surface area contributed by atoms with Crippen molar-refractivity contribution in [3.05, 3.63) is 56.8 Å². The molecule has 0 bridgehead atoms. The number of nitrogens with one attached hydrogen (secondary N) is 1. The fraction of sp³-hybridized carbons (Fsp3) is 0.412. The SMILES string of the molecule is CCc1ccc(CC(NN)c2cc3c(s2)CCC3)cc1. The van der Waals surface area contributed by atoms with Crippen LogP contribution in [0.15, 0.2) is 30.3 Å². The third-order valence-corrected chi connectivity index (χ3v) is 5.53. The fourth-order valence-electron chi connectivity index (χ4n) is 2.91. The smallest absolute Gasteiger partial charge is 0.0593 e. The first kappa shape index (κ1) is 13.8. The van der Waals surface area contributed by atoms with E-state index < -0.39 is 0 Å². The summed E-state index contributed by atoms with van der Waals surface area (Å²) in [7, 11) is 0. The Bertz CT molecular complexity index is 550. The molecule has 0 amide bonds. The highest BCUT2D eigenvalue weighted by molar-refractivity contribution is 7.12. The summed E-state index contributed by atoms with van der Waals surface area (Å²) < 4.78 is 0. The summed E-state index contributed by atoms with van der Waals surface area (Å²) in [5.74, 6) is 5.78. The van der Waals surface area contributed by atoms with Crippen LogP contribution >= 0.6 is 11.3 Å². The number of benzene rings is 1. The number of thiophene rings is 1. The molecule has 1 unspecified atom stereocenters. The number of hydrogen-bond donors (Lipinski definition) is 2. The van der Waals surface area contributed by atoms with E-state index in [9.17, 15) is 0 Å². The molecule has 3 N–H and O–H groups in total. The first-order chi connectivity index (χ1) is 9.80. The van der Waals surface area contributed by atoms with Gasteiger partial charge in [-0.1, -0.05) is 31.2 Å². The van der Waals surface area contributed by atoms with E-state index >= 15 is 0 Å². The number of nitrogens with two attached hydrogens (primary N) is 1. The number of hydrogen-bond acceptors (Lipinski definition) is 3. The van der Waals surface area contributed by atoms with Crippen LogP contribution in [0, 0.1) is 0 Å². The van der Waals surface area contributed by atoms with Crippen molar-refractivity contribution >= 4 is 11.3 Å². The molecule has 106 valence electrons. The average Bonchev–Trinajstić information content (AvgIpc) is 3.06. The standard InChI is InChI=1S/C17H22N2S/c1-2-12-6-8-13(9-7-12)10-15(19-18)17-11-14-4-3-5-16(14)20-17/h6-9,11,15,19H,2-5,10,18H2,1H3. The molecule has 20 heavy (non-hydrogen) atoms. The number of hydrazine groups is 1. The van der Waals surface area contributed by atoms with E-state index in [1.165, 1.54) is 35.3 Å². The summed E-state index contributed by atoms with van der Waals surface area (Å²) >= 11 is 1.94. The Morgan fingerprint density at radius 1 is 1.20 bits per heavy atom. The number of fused-ring (bicyclic) bond motifs is 1. The van der Waals surface area contributed by atoms with Crippen LogP contribution in [0.5, 0.6) is 0 Å². The largest absolute Gasteiger partial charge is 0.271 e. The van der Waals surface area contributed by atoms with Crippen LogP contribution in [0.3, 0.4) is 0 Å². The van der Waals surface area contributed by atoms with Crippen LogP contribution in [0.2, 0.25) is 0 Å². The van der Waals surface area contributed by atoms with Crippen molar-refractivity contribution < 1.29 is 0 Å². The van der Waals surface area contributed by atoms with Gasteiger partial charge >= 0.3 is 0 Å². The van der Waals surface area contributed by atoms with Gasteiger partial charge in [0.15, 0.2) is 0 Å². The highest BCUT2D eigenvalue weighted by Crippen LogP contribution is 2.34. The Morgan fingerprint density at radius 3 is 2.60 bits per heavy atom. The van der Waals surface area contributed by atoms with Crippen LogP contribution in [-0.2, 0) is 25.7 Å². The Morgan fingerprint density at radius 2 is 1.95 bits per heavy atom. The minimum absolute atomic E-state index is 0.234. The molecule has 3 rings (SSSR count). The second-order valence-corrected chi connectivity index (χ2v) is 6.71. The molecular formula is C17H22N2S. The van der Waals surface area contributed by atoms with Crippen molar-refractivity contribution in [2.45, 2.75) is 45.1 Å². The molecule has 0 saturated heterocycles. The van der Waals surface area contributed by atoms with Gasteiger partial charge in [-0.3, -0.25) is 11.3 Å². The monoisotopic (exact) mass is 286 g/mol. The molecule has 3 heteroatoms. The lowest BCUT2D eigenvalue weighted by Gasteiger charge is -2.14. The van der Waals surface area contributed by atoms with E-state index in [-0.39, 0.29) is 6.04 Å². The molecule has 1 aliphatic rings. The molecule has 2 aromatic rings. The van der Waals surface area contributed by atoms with Crippen molar-refractivity contribution in [2.24, 2.45) is 5.84 Å². The van der Waals surface area contributed by atoms with Gasteiger partial charge in [0.1, 0.15) is 0 Å².